The van der Waals surface area contributed by atoms with Crippen LogP contribution in [0.25, 0.3) is 0 Å². The van der Waals surface area contributed by atoms with Gasteiger partial charge in [-0.25, -0.2) is 0 Å². The van der Waals surface area contributed by atoms with Gasteiger partial charge in [0, 0.05) is 12.6 Å². The van der Waals surface area contributed by atoms with E-state index in [4.69, 9.17) is 16.3 Å². The molecule has 1 aromatic carbocycles. The Morgan fingerprint density at radius 3 is 2.90 bits per heavy atom. The Bertz CT molecular complexity index is 873. The van der Waals surface area contributed by atoms with Gasteiger partial charge in [-0.3, -0.25) is 9.36 Å². The van der Waals surface area contributed by atoms with E-state index in [1.54, 1.807) is 12.1 Å². The van der Waals surface area contributed by atoms with Gasteiger partial charge in [0.05, 0.1) is 10.8 Å². The lowest BCUT2D eigenvalue weighted by molar-refractivity contribution is -0.119. The topological polar surface area (TPSA) is 69.0 Å². The lowest BCUT2D eigenvalue weighted by Crippen LogP contribution is -2.41. The molecule has 0 bridgehead atoms. The van der Waals surface area contributed by atoms with Gasteiger partial charge in [0.1, 0.15) is 5.75 Å². The molecular weight excluding hydrogens is 420 g/mol. The quantitative estimate of drug-likeness (QED) is 0.429. The molecule has 0 saturated heterocycles. The summed E-state index contributed by atoms with van der Waals surface area (Å²) in [6.45, 7) is 8.47. The number of amides is 1. The predicted molar refractivity (Wildman–Crippen MR) is 121 cm³/mol. The molecule has 3 atom stereocenters. The van der Waals surface area contributed by atoms with Crippen LogP contribution in [0.15, 0.2) is 42.1 Å². The average Bonchev–Trinajstić information content (AvgIpc) is 3.13. The number of carbonyl (C=O) groups is 1. The Kier molecular flexibility index (Phi) is 8.22. The normalized spacial score (nSPS) is 19.8. The second kappa shape index (κ2) is 10.9. The van der Waals surface area contributed by atoms with Gasteiger partial charge >= 0.3 is 0 Å². The van der Waals surface area contributed by atoms with Gasteiger partial charge in [0.2, 0.25) is 5.91 Å². The molecule has 1 saturated carbocycles. The maximum absolute atomic E-state index is 12.5. The van der Waals surface area contributed by atoms with E-state index in [0.29, 0.717) is 40.0 Å². The molecule has 1 amide bonds. The fourth-order valence-corrected chi connectivity index (χ4v) is 4.65. The van der Waals surface area contributed by atoms with Crippen molar-refractivity contribution in [2.75, 3.05) is 5.75 Å². The summed E-state index contributed by atoms with van der Waals surface area (Å²) in [6, 6.07) is 7.60. The molecule has 0 radical (unpaired) electrons. The molecule has 2 aromatic rings. The molecular formula is C22H29ClN4O2S. The number of benzene rings is 1. The molecule has 1 aliphatic rings. The minimum atomic E-state index is -0.358. The van der Waals surface area contributed by atoms with Crippen LogP contribution in [0, 0.1) is 5.92 Å². The molecule has 1 N–H and O–H groups in total. The third-order valence-corrected chi connectivity index (χ3v) is 6.63. The number of aromatic nitrogens is 3. The Balaban J connectivity index is 1.64. The van der Waals surface area contributed by atoms with Crippen LogP contribution < -0.4 is 10.1 Å². The summed E-state index contributed by atoms with van der Waals surface area (Å²) in [5, 5.41) is 13.0. The molecule has 3 unspecified atom stereocenters. The van der Waals surface area contributed by atoms with Gasteiger partial charge in [0.25, 0.3) is 0 Å². The standard InChI is InChI=1S/C22H29ClN4O2S/c1-4-13-27-21(16(3)29-19-12-8-6-10-17(19)23)25-26-22(27)30-14-20(28)24-18-11-7-5-9-15(18)2/h4,6,8,10,12,15-16,18H,1,5,7,9,11,13-14H2,2-3H3,(H,24,28). The molecule has 1 heterocycles. The molecule has 0 aliphatic heterocycles. The number of nitrogens with zero attached hydrogens (tertiary/aromatic N) is 3. The number of thioether (sulfide) groups is 1. The van der Waals surface area contributed by atoms with Gasteiger partial charge < -0.3 is 10.1 Å². The number of nitrogens with one attached hydrogen (secondary N) is 1. The summed E-state index contributed by atoms with van der Waals surface area (Å²) in [5.74, 6) is 2.13. The van der Waals surface area contributed by atoms with E-state index in [1.165, 1.54) is 31.0 Å². The van der Waals surface area contributed by atoms with Gasteiger partial charge in [0.15, 0.2) is 17.1 Å². The fraction of sp³-hybridized carbons (Fsp3) is 0.500. The lowest BCUT2D eigenvalue weighted by Gasteiger charge is -2.29. The summed E-state index contributed by atoms with van der Waals surface area (Å²) >= 11 is 7.58. The third-order valence-electron chi connectivity index (χ3n) is 5.35. The zero-order chi connectivity index (χ0) is 21.5. The highest BCUT2D eigenvalue weighted by Crippen LogP contribution is 2.29. The van der Waals surface area contributed by atoms with Crippen LogP contribution in [0.2, 0.25) is 5.02 Å². The number of carbonyl (C=O) groups excluding carboxylic acids is 1. The van der Waals surface area contributed by atoms with E-state index in [0.717, 1.165) is 6.42 Å². The monoisotopic (exact) mass is 448 g/mol. The first-order chi connectivity index (χ1) is 14.5. The molecule has 1 aromatic heterocycles. The van der Waals surface area contributed by atoms with Crippen LogP contribution >= 0.6 is 23.4 Å². The van der Waals surface area contributed by atoms with E-state index < -0.39 is 0 Å². The highest BCUT2D eigenvalue weighted by Gasteiger charge is 2.24. The molecule has 8 heteroatoms. The molecule has 1 fully saturated rings. The Morgan fingerprint density at radius 1 is 1.40 bits per heavy atom. The van der Waals surface area contributed by atoms with E-state index in [2.05, 4.69) is 29.0 Å². The SMILES string of the molecule is C=CCn1c(SCC(=O)NC2CCCCC2C)nnc1C(C)Oc1ccccc1Cl. The zero-order valence-corrected chi connectivity index (χ0v) is 19.1. The van der Waals surface area contributed by atoms with Crippen LogP contribution in [0.3, 0.4) is 0 Å². The summed E-state index contributed by atoms with van der Waals surface area (Å²) in [6.07, 6.45) is 6.10. The minimum absolute atomic E-state index is 0.0359. The van der Waals surface area contributed by atoms with Crippen molar-refractivity contribution in [2.24, 2.45) is 5.92 Å². The smallest absolute Gasteiger partial charge is 0.230 e. The van der Waals surface area contributed by atoms with Crippen molar-refractivity contribution in [3.8, 4) is 5.75 Å². The summed E-state index contributed by atoms with van der Waals surface area (Å²) < 4.78 is 7.92. The van der Waals surface area contributed by atoms with Crippen molar-refractivity contribution >= 4 is 29.3 Å². The van der Waals surface area contributed by atoms with Crippen LogP contribution in [-0.2, 0) is 11.3 Å². The molecule has 30 heavy (non-hydrogen) atoms. The minimum Gasteiger partial charge on any atom is -0.481 e. The van der Waals surface area contributed by atoms with Gasteiger partial charge in [-0.05, 0) is 37.8 Å². The number of hydrogen-bond donors (Lipinski definition) is 1. The van der Waals surface area contributed by atoms with Gasteiger partial charge in [-0.15, -0.1) is 16.8 Å². The fourth-order valence-electron chi connectivity index (χ4n) is 3.70. The van der Waals surface area contributed by atoms with Crippen molar-refractivity contribution < 1.29 is 9.53 Å². The second-order valence-corrected chi connectivity index (χ2v) is 9.00. The summed E-state index contributed by atoms with van der Waals surface area (Å²) in [5.41, 5.74) is 0. The number of halogens is 1. The zero-order valence-electron chi connectivity index (χ0n) is 17.5. The van der Waals surface area contributed by atoms with Crippen molar-refractivity contribution in [1.82, 2.24) is 20.1 Å². The van der Waals surface area contributed by atoms with Crippen LogP contribution in [0.5, 0.6) is 5.75 Å². The van der Waals surface area contributed by atoms with Gasteiger partial charge in [-0.1, -0.05) is 61.3 Å². The van der Waals surface area contributed by atoms with E-state index in [9.17, 15) is 4.79 Å². The highest BCUT2D eigenvalue weighted by atomic mass is 35.5. The second-order valence-electron chi connectivity index (χ2n) is 7.65. The first-order valence-corrected chi connectivity index (χ1v) is 11.7. The van der Waals surface area contributed by atoms with E-state index in [-0.39, 0.29) is 18.1 Å². The molecule has 1 aliphatic carbocycles. The molecule has 3 rings (SSSR count). The van der Waals surface area contributed by atoms with Crippen LogP contribution in [0.4, 0.5) is 0 Å². The van der Waals surface area contributed by atoms with Crippen molar-refractivity contribution in [3.63, 3.8) is 0 Å². The van der Waals surface area contributed by atoms with Gasteiger partial charge in [-0.2, -0.15) is 0 Å². The summed E-state index contributed by atoms with van der Waals surface area (Å²) in [7, 11) is 0. The van der Waals surface area contributed by atoms with Crippen LogP contribution in [0.1, 0.15) is 51.5 Å². The first kappa shape index (κ1) is 22.7. The number of rotatable bonds is 9. The van der Waals surface area contributed by atoms with Crippen molar-refractivity contribution in [2.45, 2.75) is 63.4 Å². The molecule has 6 nitrogen and oxygen atoms in total. The average molecular weight is 449 g/mol. The van der Waals surface area contributed by atoms with E-state index >= 15 is 0 Å². The number of para-hydroxylation sites is 1. The van der Waals surface area contributed by atoms with Crippen molar-refractivity contribution in [3.05, 3.63) is 47.8 Å². The van der Waals surface area contributed by atoms with Crippen molar-refractivity contribution in [1.29, 1.82) is 0 Å². The highest BCUT2D eigenvalue weighted by molar-refractivity contribution is 7.99. The Hall–Kier alpha value is -1.99. The molecule has 162 valence electrons. The van der Waals surface area contributed by atoms with E-state index in [1.807, 2.05) is 29.7 Å². The summed E-state index contributed by atoms with van der Waals surface area (Å²) in [4.78, 5) is 12.5. The number of hydrogen-bond acceptors (Lipinski definition) is 5. The third kappa shape index (κ3) is 5.79. The number of ether oxygens (including phenoxy) is 1. The van der Waals surface area contributed by atoms with Crippen LogP contribution in [-0.4, -0.2) is 32.5 Å². The largest absolute Gasteiger partial charge is 0.481 e. The maximum atomic E-state index is 12.5. The molecule has 0 spiro atoms. The lowest BCUT2D eigenvalue weighted by atomic mass is 9.86. The predicted octanol–water partition coefficient (Wildman–Crippen LogP) is 5.04. The Labute approximate surface area is 187 Å². The maximum Gasteiger partial charge on any atom is 0.230 e. The number of allylic oxidation sites excluding steroid dienone is 1. The first-order valence-electron chi connectivity index (χ1n) is 10.4. The Morgan fingerprint density at radius 2 is 2.17 bits per heavy atom.